The number of anilines is 1. The Hall–Kier alpha value is -2.75. The van der Waals surface area contributed by atoms with E-state index in [1.165, 1.54) is 11.6 Å². The summed E-state index contributed by atoms with van der Waals surface area (Å²) in [5.41, 5.74) is 2.91. The topological polar surface area (TPSA) is 47.6 Å². The molecule has 0 aromatic heterocycles. The third-order valence-electron chi connectivity index (χ3n) is 4.25. The first-order valence-electron chi connectivity index (χ1n) is 9.55. The van der Waals surface area contributed by atoms with Crippen molar-refractivity contribution in [3.05, 3.63) is 59.7 Å². The number of hydrogen-bond donors (Lipinski definition) is 1. The number of methoxy groups -OCH3 is 1. The fraction of sp³-hybridized carbons (Fsp3) is 0.348. The van der Waals surface area contributed by atoms with E-state index in [-0.39, 0.29) is 5.91 Å². The van der Waals surface area contributed by atoms with Crippen LogP contribution in [-0.2, 0) is 11.2 Å². The monoisotopic (exact) mass is 367 g/mol. The minimum absolute atomic E-state index is 0.168. The number of nitrogens with one attached hydrogen (secondary N) is 1. The lowest BCUT2D eigenvalue weighted by Crippen LogP contribution is -2.07. The van der Waals surface area contributed by atoms with Crippen molar-refractivity contribution in [3.8, 4) is 11.5 Å². The molecule has 0 bridgehead atoms. The first-order valence-corrected chi connectivity index (χ1v) is 9.55. The van der Waals surface area contributed by atoms with Crippen LogP contribution in [0.2, 0.25) is 0 Å². The fourth-order valence-electron chi connectivity index (χ4n) is 2.62. The molecule has 0 spiro atoms. The van der Waals surface area contributed by atoms with Gasteiger partial charge in [0.25, 0.3) is 0 Å². The van der Waals surface area contributed by atoms with E-state index in [0.717, 1.165) is 42.7 Å². The first kappa shape index (κ1) is 20.6. The Morgan fingerprint density at radius 2 is 1.81 bits per heavy atom. The molecule has 0 fully saturated rings. The molecule has 0 atom stereocenters. The Morgan fingerprint density at radius 1 is 1.04 bits per heavy atom. The Balaban J connectivity index is 1.95. The van der Waals surface area contributed by atoms with E-state index >= 15 is 0 Å². The average molecular weight is 367 g/mol. The number of amides is 1. The van der Waals surface area contributed by atoms with Crippen LogP contribution in [0.1, 0.15) is 44.2 Å². The van der Waals surface area contributed by atoms with Gasteiger partial charge in [-0.15, -0.1) is 0 Å². The molecular weight excluding hydrogens is 338 g/mol. The average Bonchev–Trinajstić information content (AvgIpc) is 2.70. The highest BCUT2D eigenvalue weighted by molar-refractivity contribution is 6.01. The van der Waals surface area contributed by atoms with E-state index < -0.39 is 0 Å². The lowest BCUT2D eigenvalue weighted by molar-refractivity contribution is -0.111. The zero-order valence-corrected chi connectivity index (χ0v) is 16.5. The number of benzene rings is 2. The summed E-state index contributed by atoms with van der Waals surface area (Å²) in [4.78, 5) is 12.1. The van der Waals surface area contributed by atoms with Crippen LogP contribution >= 0.6 is 0 Å². The summed E-state index contributed by atoms with van der Waals surface area (Å²) in [6.45, 7) is 4.95. The number of ether oxygens (including phenoxy) is 2. The van der Waals surface area contributed by atoms with E-state index in [1.54, 1.807) is 13.2 Å². The van der Waals surface area contributed by atoms with Crippen LogP contribution in [0, 0.1) is 0 Å². The van der Waals surface area contributed by atoms with Crippen molar-refractivity contribution in [2.24, 2.45) is 0 Å². The van der Waals surface area contributed by atoms with Gasteiger partial charge in [0.2, 0.25) is 5.91 Å². The summed E-state index contributed by atoms with van der Waals surface area (Å²) in [5, 5.41) is 2.86. The molecule has 0 heterocycles. The van der Waals surface area contributed by atoms with Gasteiger partial charge < -0.3 is 14.8 Å². The van der Waals surface area contributed by atoms with Gasteiger partial charge in [0.15, 0.2) is 11.5 Å². The molecule has 2 aromatic rings. The molecule has 0 saturated heterocycles. The predicted octanol–water partition coefficient (Wildman–Crippen LogP) is 5.48. The van der Waals surface area contributed by atoms with Crippen LogP contribution < -0.4 is 14.8 Å². The van der Waals surface area contributed by atoms with E-state index in [2.05, 4.69) is 19.2 Å². The molecule has 4 nitrogen and oxygen atoms in total. The molecule has 2 rings (SSSR count). The number of carbonyl (C=O) groups excluding carboxylic acids is 1. The van der Waals surface area contributed by atoms with Crippen LogP contribution in [-0.4, -0.2) is 19.6 Å². The molecule has 0 aliphatic heterocycles. The molecule has 0 unspecified atom stereocenters. The van der Waals surface area contributed by atoms with Gasteiger partial charge in [0.05, 0.1) is 13.7 Å². The molecule has 27 heavy (non-hydrogen) atoms. The molecular formula is C23H29NO3. The van der Waals surface area contributed by atoms with Crippen molar-refractivity contribution < 1.29 is 14.3 Å². The van der Waals surface area contributed by atoms with Gasteiger partial charge in [-0.1, -0.05) is 44.9 Å². The zero-order chi connectivity index (χ0) is 19.5. The summed E-state index contributed by atoms with van der Waals surface area (Å²) in [6.07, 6.45) is 7.60. The van der Waals surface area contributed by atoms with E-state index in [9.17, 15) is 4.79 Å². The number of hydrogen-bond acceptors (Lipinski definition) is 3. The summed E-state index contributed by atoms with van der Waals surface area (Å²) in [7, 11) is 1.62. The normalized spacial score (nSPS) is 10.8. The standard InChI is InChI=1S/C23H29NO3/c1-4-6-7-16-27-21-14-10-19(17-22(21)26-3)11-15-23(25)24-20-12-8-18(5-2)9-13-20/h8-15,17H,4-7,16H2,1-3H3,(H,24,25)/b15-11+. The highest BCUT2D eigenvalue weighted by Crippen LogP contribution is 2.28. The van der Waals surface area contributed by atoms with Gasteiger partial charge in [-0.3, -0.25) is 4.79 Å². The van der Waals surface area contributed by atoms with Crippen molar-refractivity contribution in [2.45, 2.75) is 39.5 Å². The minimum atomic E-state index is -0.168. The molecule has 1 amide bonds. The van der Waals surface area contributed by atoms with Gasteiger partial charge in [-0.2, -0.15) is 0 Å². The number of carbonyl (C=O) groups is 1. The van der Waals surface area contributed by atoms with Crippen molar-refractivity contribution >= 4 is 17.7 Å². The first-order chi connectivity index (χ1) is 13.2. The highest BCUT2D eigenvalue weighted by atomic mass is 16.5. The highest BCUT2D eigenvalue weighted by Gasteiger charge is 2.05. The quantitative estimate of drug-likeness (QED) is 0.447. The van der Waals surface area contributed by atoms with Crippen molar-refractivity contribution in [2.75, 3.05) is 19.0 Å². The molecule has 0 aliphatic carbocycles. The molecule has 0 radical (unpaired) electrons. The lowest BCUT2D eigenvalue weighted by Gasteiger charge is -2.11. The number of rotatable bonds is 10. The third kappa shape index (κ3) is 6.81. The van der Waals surface area contributed by atoms with Gasteiger partial charge in [0.1, 0.15) is 0 Å². The predicted molar refractivity (Wildman–Crippen MR) is 111 cm³/mol. The Morgan fingerprint density at radius 3 is 2.48 bits per heavy atom. The van der Waals surface area contributed by atoms with Crippen molar-refractivity contribution in [3.63, 3.8) is 0 Å². The molecule has 0 aliphatic rings. The van der Waals surface area contributed by atoms with Gasteiger partial charge in [0, 0.05) is 11.8 Å². The van der Waals surface area contributed by atoms with E-state index in [1.807, 2.05) is 42.5 Å². The minimum Gasteiger partial charge on any atom is -0.493 e. The molecule has 0 saturated carbocycles. The van der Waals surface area contributed by atoms with Gasteiger partial charge in [-0.05, 0) is 54.3 Å². The van der Waals surface area contributed by atoms with Gasteiger partial charge >= 0.3 is 0 Å². The summed E-state index contributed by atoms with van der Waals surface area (Å²) in [5.74, 6) is 1.23. The largest absolute Gasteiger partial charge is 0.493 e. The van der Waals surface area contributed by atoms with Crippen molar-refractivity contribution in [1.82, 2.24) is 0 Å². The summed E-state index contributed by atoms with van der Waals surface area (Å²) >= 11 is 0. The van der Waals surface area contributed by atoms with E-state index in [0.29, 0.717) is 12.4 Å². The van der Waals surface area contributed by atoms with Crippen LogP contribution in [0.25, 0.3) is 6.08 Å². The Bertz CT molecular complexity index is 751. The maximum atomic E-state index is 12.1. The summed E-state index contributed by atoms with van der Waals surface area (Å²) in [6, 6.07) is 13.5. The second kappa shape index (κ2) is 11.1. The Labute approximate surface area is 162 Å². The Kier molecular flexibility index (Phi) is 8.43. The van der Waals surface area contributed by atoms with Crippen molar-refractivity contribution in [1.29, 1.82) is 0 Å². The second-order valence-electron chi connectivity index (χ2n) is 6.34. The lowest BCUT2D eigenvalue weighted by atomic mass is 10.1. The third-order valence-corrected chi connectivity index (χ3v) is 4.25. The van der Waals surface area contributed by atoms with Crippen LogP contribution in [0.15, 0.2) is 48.5 Å². The van der Waals surface area contributed by atoms with Crippen LogP contribution in [0.5, 0.6) is 11.5 Å². The summed E-state index contributed by atoms with van der Waals surface area (Å²) < 4.78 is 11.2. The van der Waals surface area contributed by atoms with Crippen LogP contribution in [0.4, 0.5) is 5.69 Å². The molecule has 144 valence electrons. The zero-order valence-electron chi connectivity index (χ0n) is 16.5. The maximum absolute atomic E-state index is 12.1. The fourth-order valence-corrected chi connectivity index (χ4v) is 2.62. The van der Waals surface area contributed by atoms with Crippen LogP contribution in [0.3, 0.4) is 0 Å². The second-order valence-corrected chi connectivity index (χ2v) is 6.34. The number of aryl methyl sites for hydroxylation is 1. The SMILES string of the molecule is CCCCCOc1ccc(/C=C/C(=O)Nc2ccc(CC)cc2)cc1OC. The molecule has 4 heteroatoms. The maximum Gasteiger partial charge on any atom is 0.248 e. The number of unbranched alkanes of at least 4 members (excludes halogenated alkanes) is 2. The van der Waals surface area contributed by atoms with E-state index in [4.69, 9.17) is 9.47 Å². The smallest absolute Gasteiger partial charge is 0.248 e. The molecule has 1 N–H and O–H groups in total. The van der Waals surface area contributed by atoms with Gasteiger partial charge in [-0.25, -0.2) is 0 Å². The molecule has 2 aromatic carbocycles.